The molecule has 0 aliphatic heterocycles. The van der Waals surface area contributed by atoms with Gasteiger partial charge in [0, 0.05) is 12.2 Å². The van der Waals surface area contributed by atoms with Crippen LogP contribution in [0.25, 0.3) is 0 Å². The second kappa shape index (κ2) is 6.61. The molecule has 20 heavy (non-hydrogen) atoms. The summed E-state index contributed by atoms with van der Waals surface area (Å²) in [6, 6.07) is 14.9. The molecule has 0 radical (unpaired) electrons. The van der Waals surface area contributed by atoms with Gasteiger partial charge in [0.2, 0.25) is 0 Å². The van der Waals surface area contributed by atoms with Crippen molar-refractivity contribution in [3.8, 4) is 5.75 Å². The van der Waals surface area contributed by atoms with E-state index in [4.69, 9.17) is 10.5 Å². The van der Waals surface area contributed by atoms with E-state index in [1.165, 1.54) is 0 Å². The largest absolute Gasteiger partial charge is 0.484 e. The quantitative estimate of drug-likeness (QED) is 0.819. The number of anilines is 1. The maximum atomic E-state index is 11.7. The zero-order valence-corrected chi connectivity index (χ0v) is 11.4. The Hall–Kier alpha value is -2.49. The van der Waals surface area contributed by atoms with Gasteiger partial charge in [0.05, 0.1) is 0 Å². The fraction of sp³-hybridized carbons (Fsp3) is 0.188. The van der Waals surface area contributed by atoms with Gasteiger partial charge < -0.3 is 15.8 Å². The molecule has 0 aliphatic rings. The van der Waals surface area contributed by atoms with Crippen LogP contribution >= 0.6 is 0 Å². The van der Waals surface area contributed by atoms with Crippen molar-refractivity contribution in [2.45, 2.75) is 13.5 Å². The summed E-state index contributed by atoms with van der Waals surface area (Å²) >= 11 is 0. The number of carbonyl (C=O) groups is 1. The van der Waals surface area contributed by atoms with E-state index in [2.05, 4.69) is 5.32 Å². The first kappa shape index (κ1) is 13.9. The molecule has 0 saturated heterocycles. The lowest BCUT2D eigenvalue weighted by Gasteiger charge is -2.10. The van der Waals surface area contributed by atoms with Crippen LogP contribution < -0.4 is 15.8 Å². The molecule has 104 valence electrons. The normalized spacial score (nSPS) is 10.1. The van der Waals surface area contributed by atoms with Crippen molar-refractivity contribution in [2.24, 2.45) is 0 Å². The summed E-state index contributed by atoms with van der Waals surface area (Å²) in [5.74, 6) is 0.526. The Kier molecular flexibility index (Phi) is 4.60. The minimum Gasteiger partial charge on any atom is -0.484 e. The molecule has 0 aromatic heterocycles. The molecule has 2 rings (SSSR count). The summed E-state index contributed by atoms with van der Waals surface area (Å²) in [5.41, 5.74) is 8.57. The predicted molar refractivity (Wildman–Crippen MR) is 79.4 cm³/mol. The number of carbonyl (C=O) groups excluding carboxylic acids is 1. The first-order valence-electron chi connectivity index (χ1n) is 6.45. The van der Waals surface area contributed by atoms with E-state index in [1.807, 2.05) is 55.5 Å². The Morgan fingerprint density at radius 3 is 2.65 bits per heavy atom. The van der Waals surface area contributed by atoms with Crippen LogP contribution in [0.3, 0.4) is 0 Å². The zero-order chi connectivity index (χ0) is 14.4. The van der Waals surface area contributed by atoms with Crippen LogP contribution in [0.5, 0.6) is 5.75 Å². The van der Waals surface area contributed by atoms with E-state index in [1.54, 1.807) is 0 Å². The van der Waals surface area contributed by atoms with Crippen LogP contribution in [-0.2, 0) is 11.3 Å². The first-order chi connectivity index (χ1) is 9.66. The van der Waals surface area contributed by atoms with Crippen molar-refractivity contribution in [3.05, 3.63) is 59.7 Å². The van der Waals surface area contributed by atoms with Crippen LogP contribution in [-0.4, -0.2) is 12.5 Å². The number of nitrogen functional groups attached to an aromatic ring is 1. The van der Waals surface area contributed by atoms with Crippen molar-refractivity contribution >= 4 is 11.6 Å². The molecule has 0 aliphatic carbocycles. The SMILES string of the molecule is Cc1c(N)cccc1CNC(=O)COc1ccccc1. The third-order valence-electron chi connectivity index (χ3n) is 3.08. The third-order valence-corrected chi connectivity index (χ3v) is 3.08. The smallest absolute Gasteiger partial charge is 0.258 e. The molecular weight excluding hydrogens is 252 g/mol. The fourth-order valence-corrected chi connectivity index (χ4v) is 1.81. The lowest BCUT2D eigenvalue weighted by atomic mass is 10.1. The van der Waals surface area contributed by atoms with Crippen molar-refractivity contribution in [3.63, 3.8) is 0 Å². The summed E-state index contributed by atoms with van der Waals surface area (Å²) in [5, 5.41) is 2.82. The van der Waals surface area contributed by atoms with Crippen LogP contribution in [0.1, 0.15) is 11.1 Å². The maximum absolute atomic E-state index is 11.7. The molecule has 1 amide bonds. The number of amides is 1. The summed E-state index contributed by atoms with van der Waals surface area (Å²) < 4.78 is 5.37. The van der Waals surface area contributed by atoms with Crippen LogP contribution in [0.15, 0.2) is 48.5 Å². The topological polar surface area (TPSA) is 64.3 Å². The van der Waals surface area contributed by atoms with E-state index in [-0.39, 0.29) is 12.5 Å². The van der Waals surface area contributed by atoms with E-state index in [9.17, 15) is 4.79 Å². The number of ether oxygens (including phenoxy) is 1. The molecule has 2 aromatic carbocycles. The molecule has 4 heteroatoms. The van der Waals surface area contributed by atoms with Gasteiger partial charge in [-0.3, -0.25) is 4.79 Å². The molecule has 3 N–H and O–H groups in total. The average molecular weight is 270 g/mol. The van der Waals surface area contributed by atoms with Crippen molar-refractivity contribution in [1.82, 2.24) is 5.32 Å². The van der Waals surface area contributed by atoms with Gasteiger partial charge in [-0.15, -0.1) is 0 Å². The van der Waals surface area contributed by atoms with Gasteiger partial charge >= 0.3 is 0 Å². The van der Waals surface area contributed by atoms with Crippen molar-refractivity contribution in [2.75, 3.05) is 12.3 Å². The summed E-state index contributed by atoms with van der Waals surface area (Å²) in [6.07, 6.45) is 0. The number of para-hydroxylation sites is 1. The van der Waals surface area contributed by atoms with Gasteiger partial charge in [-0.05, 0) is 36.2 Å². The van der Waals surface area contributed by atoms with Gasteiger partial charge in [-0.2, -0.15) is 0 Å². The highest BCUT2D eigenvalue weighted by Gasteiger charge is 2.05. The van der Waals surface area contributed by atoms with E-state index in [0.29, 0.717) is 12.3 Å². The average Bonchev–Trinajstić information content (AvgIpc) is 2.48. The lowest BCUT2D eigenvalue weighted by Crippen LogP contribution is -2.28. The predicted octanol–water partition coefficient (Wildman–Crippen LogP) is 2.27. The van der Waals surface area contributed by atoms with Gasteiger partial charge in [0.25, 0.3) is 5.91 Å². The van der Waals surface area contributed by atoms with E-state index >= 15 is 0 Å². The maximum Gasteiger partial charge on any atom is 0.258 e. The second-order valence-corrected chi connectivity index (χ2v) is 4.51. The number of nitrogens with one attached hydrogen (secondary N) is 1. The van der Waals surface area contributed by atoms with Crippen molar-refractivity contribution in [1.29, 1.82) is 0 Å². The molecule has 0 unspecified atom stereocenters. The van der Waals surface area contributed by atoms with Crippen molar-refractivity contribution < 1.29 is 9.53 Å². The molecule has 0 atom stereocenters. The summed E-state index contributed by atoms with van der Waals surface area (Å²) in [7, 11) is 0. The molecule has 0 spiro atoms. The minimum atomic E-state index is -0.157. The number of nitrogens with two attached hydrogens (primary N) is 1. The Morgan fingerprint density at radius 2 is 1.90 bits per heavy atom. The Bertz CT molecular complexity index is 582. The van der Waals surface area contributed by atoms with Gasteiger partial charge in [-0.25, -0.2) is 0 Å². The highest BCUT2D eigenvalue weighted by molar-refractivity contribution is 5.77. The molecular formula is C16H18N2O2. The Labute approximate surface area is 118 Å². The summed E-state index contributed by atoms with van der Waals surface area (Å²) in [6.45, 7) is 2.40. The number of benzene rings is 2. The molecule has 2 aromatic rings. The number of hydrogen-bond acceptors (Lipinski definition) is 3. The molecule has 4 nitrogen and oxygen atoms in total. The number of hydrogen-bond donors (Lipinski definition) is 2. The first-order valence-corrected chi connectivity index (χ1v) is 6.45. The fourth-order valence-electron chi connectivity index (χ4n) is 1.81. The van der Waals surface area contributed by atoms with Gasteiger partial charge in [0.15, 0.2) is 6.61 Å². The molecule has 0 saturated carbocycles. The van der Waals surface area contributed by atoms with Crippen LogP contribution in [0.2, 0.25) is 0 Å². The van der Waals surface area contributed by atoms with Crippen LogP contribution in [0, 0.1) is 6.92 Å². The van der Waals surface area contributed by atoms with E-state index < -0.39 is 0 Å². The molecule has 0 fully saturated rings. The minimum absolute atomic E-state index is 0.00533. The van der Waals surface area contributed by atoms with E-state index in [0.717, 1.165) is 16.8 Å². The molecule has 0 heterocycles. The second-order valence-electron chi connectivity index (χ2n) is 4.51. The third kappa shape index (κ3) is 3.75. The zero-order valence-electron chi connectivity index (χ0n) is 11.4. The Morgan fingerprint density at radius 1 is 1.15 bits per heavy atom. The molecule has 0 bridgehead atoms. The monoisotopic (exact) mass is 270 g/mol. The summed E-state index contributed by atoms with van der Waals surface area (Å²) in [4.78, 5) is 11.7. The van der Waals surface area contributed by atoms with Gasteiger partial charge in [-0.1, -0.05) is 30.3 Å². The number of rotatable bonds is 5. The Balaban J connectivity index is 1.82. The standard InChI is InChI=1S/C16H18N2O2/c1-12-13(6-5-9-15(12)17)10-18-16(19)11-20-14-7-3-2-4-8-14/h2-9H,10-11,17H2,1H3,(H,18,19). The lowest BCUT2D eigenvalue weighted by molar-refractivity contribution is -0.123. The highest BCUT2D eigenvalue weighted by atomic mass is 16.5. The highest BCUT2D eigenvalue weighted by Crippen LogP contribution is 2.15. The van der Waals surface area contributed by atoms with Gasteiger partial charge in [0.1, 0.15) is 5.75 Å². The van der Waals surface area contributed by atoms with Crippen LogP contribution in [0.4, 0.5) is 5.69 Å².